The fourth-order valence-corrected chi connectivity index (χ4v) is 3.47. The molecule has 0 aromatic heterocycles. The van der Waals surface area contributed by atoms with Crippen LogP contribution in [0.2, 0.25) is 0 Å². The van der Waals surface area contributed by atoms with Crippen molar-refractivity contribution in [2.24, 2.45) is 17.8 Å². The fourth-order valence-electron chi connectivity index (χ4n) is 3.47. The summed E-state index contributed by atoms with van der Waals surface area (Å²) in [5.74, 6) is 3.15. The molecule has 80 valence electrons. The van der Waals surface area contributed by atoms with Crippen LogP contribution in [0.5, 0.6) is 0 Å². The minimum atomic E-state index is 0.765. The largest absolute Gasteiger partial charge is 0.317 e. The first-order valence-corrected chi connectivity index (χ1v) is 6.16. The van der Waals surface area contributed by atoms with E-state index in [1.807, 2.05) is 0 Å². The molecule has 0 saturated heterocycles. The predicted octanol–water partition coefficient (Wildman–Crippen LogP) is 2.98. The number of rotatable bonds is 5. The molecular formula is C13H23N. The minimum absolute atomic E-state index is 0.765. The lowest BCUT2D eigenvalue weighted by Gasteiger charge is -2.15. The molecule has 0 heterocycles. The van der Waals surface area contributed by atoms with Gasteiger partial charge in [0, 0.05) is 6.04 Å². The number of hydrogen-bond acceptors (Lipinski definition) is 1. The van der Waals surface area contributed by atoms with Crippen LogP contribution in [0.3, 0.4) is 0 Å². The maximum absolute atomic E-state index is 3.81. The predicted molar refractivity (Wildman–Crippen MR) is 61.2 cm³/mol. The van der Waals surface area contributed by atoms with Crippen LogP contribution in [-0.4, -0.2) is 13.1 Å². The molecule has 0 spiro atoms. The number of fused-ring (bicyclic) bond motifs is 1. The molecule has 1 nitrogen and oxygen atoms in total. The summed E-state index contributed by atoms with van der Waals surface area (Å²) in [5.41, 5.74) is 0. The zero-order valence-electron chi connectivity index (χ0n) is 9.34. The summed E-state index contributed by atoms with van der Waals surface area (Å²) in [4.78, 5) is 0. The highest BCUT2D eigenvalue weighted by molar-refractivity contribution is 5.04. The van der Waals surface area contributed by atoms with Gasteiger partial charge in [-0.1, -0.05) is 18.9 Å². The van der Waals surface area contributed by atoms with Crippen LogP contribution in [-0.2, 0) is 0 Å². The molecule has 3 unspecified atom stereocenters. The molecule has 2 saturated carbocycles. The van der Waals surface area contributed by atoms with Crippen LogP contribution in [0.1, 0.15) is 38.5 Å². The standard InChI is InChI=1S/C13H23N/c1-3-4-9-12(14-2)13-10-7-5-6-8-11(10)13/h3,10-14H,1,4-9H2,2H3. The van der Waals surface area contributed by atoms with E-state index in [1.54, 1.807) is 0 Å². The maximum atomic E-state index is 3.81. The van der Waals surface area contributed by atoms with Crippen LogP contribution in [0, 0.1) is 17.8 Å². The first-order valence-electron chi connectivity index (χ1n) is 6.16. The Morgan fingerprint density at radius 2 is 2.00 bits per heavy atom. The van der Waals surface area contributed by atoms with Crippen molar-refractivity contribution in [3.63, 3.8) is 0 Å². The first-order chi connectivity index (χ1) is 6.88. The van der Waals surface area contributed by atoms with Gasteiger partial charge in [-0.05, 0) is 50.5 Å². The second kappa shape index (κ2) is 4.48. The van der Waals surface area contributed by atoms with Gasteiger partial charge in [-0.25, -0.2) is 0 Å². The molecule has 3 atom stereocenters. The van der Waals surface area contributed by atoms with Crippen LogP contribution in [0.15, 0.2) is 12.7 Å². The van der Waals surface area contributed by atoms with Gasteiger partial charge in [0.25, 0.3) is 0 Å². The van der Waals surface area contributed by atoms with Gasteiger partial charge in [-0.2, -0.15) is 0 Å². The summed E-state index contributed by atoms with van der Waals surface area (Å²) in [5, 5.41) is 3.51. The molecule has 2 aliphatic carbocycles. The van der Waals surface area contributed by atoms with Gasteiger partial charge in [0.1, 0.15) is 0 Å². The number of nitrogens with one attached hydrogen (secondary N) is 1. The van der Waals surface area contributed by atoms with Gasteiger partial charge < -0.3 is 5.32 Å². The summed E-state index contributed by atoms with van der Waals surface area (Å²) in [6.07, 6.45) is 10.5. The number of allylic oxidation sites excluding steroid dienone is 1. The van der Waals surface area contributed by atoms with E-state index in [4.69, 9.17) is 0 Å². The smallest absolute Gasteiger partial charge is 0.0101 e. The Balaban J connectivity index is 1.84. The highest BCUT2D eigenvalue weighted by Crippen LogP contribution is 2.57. The van der Waals surface area contributed by atoms with Gasteiger partial charge in [-0.3, -0.25) is 0 Å². The normalized spacial score (nSPS) is 37.4. The zero-order chi connectivity index (χ0) is 9.97. The molecule has 0 aliphatic heterocycles. The zero-order valence-corrected chi connectivity index (χ0v) is 9.34. The van der Waals surface area contributed by atoms with E-state index in [1.165, 1.54) is 38.5 Å². The van der Waals surface area contributed by atoms with Crippen LogP contribution < -0.4 is 5.32 Å². The molecule has 1 heteroatoms. The molecule has 2 fully saturated rings. The minimum Gasteiger partial charge on any atom is -0.317 e. The average molecular weight is 193 g/mol. The fraction of sp³-hybridized carbons (Fsp3) is 0.846. The van der Waals surface area contributed by atoms with Crippen molar-refractivity contribution in [3.8, 4) is 0 Å². The van der Waals surface area contributed by atoms with Crippen LogP contribution in [0.4, 0.5) is 0 Å². The Morgan fingerprint density at radius 1 is 1.36 bits per heavy atom. The van der Waals surface area contributed by atoms with E-state index in [0.717, 1.165) is 23.8 Å². The lowest BCUT2D eigenvalue weighted by atomic mass is 10.0. The van der Waals surface area contributed by atoms with E-state index in [0.29, 0.717) is 0 Å². The van der Waals surface area contributed by atoms with Crippen LogP contribution in [0.25, 0.3) is 0 Å². The lowest BCUT2D eigenvalue weighted by Crippen LogP contribution is -2.28. The SMILES string of the molecule is C=CCCC(NC)C1C2CCCCC21. The summed E-state index contributed by atoms with van der Waals surface area (Å²) < 4.78 is 0. The Morgan fingerprint density at radius 3 is 2.50 bits per heavy atom. The molecule has 0 aromatic carbocycles. The van der Waals surface area contributed by atoms with Crippen molar-refractivity contribution >= 4 is 0 Å². The highest BCUT2D eigenvalue weighted by atomic mass is 14.9. The van der Waals surface area contributed by atoms with Crippen molar-refractivity contribution in [1.82, 2.24) is 5.32 Å². The Hall–Kier alpha value is -0.300. The van der Waals surface area contributed by atoms with Crippen molar-refractivity contribution in [3.05, 3.63) is 12.7 Å². The topological polar surface area (TPSA) is 12.0 Å². The van der Waals surface area contributed by atoms with Gasteiger partial charge in [0.15, 0.2) is 0 Å². The van der Waals surface area contributed by atoms with Crippen molar-refractivity contribution in [2.75, 3.05) is 7.05 Å². The first kappa shape index (κ1) is 10.2. The Labute approximate surface area is 88.0 Å². The third-order valence-corrected chi connectivity index (χ3v) is 4.24. The molecule has 0 bridgehead atoms. The third kappa shape index (κ3) is 1.88. The molecule has 0 radical (unpaired) electrons. The van der Waals surface area contributed by atoms with Gasteiger partial charge in [0.05, 0.1) is 0 Å². The summed E-state index contributed by atoms with van der Waals surface area (Å²) in [6, 6.07) is 0.765. The lowest BCUT2D eigenvalue weighted by molar-refractivity contribution is 0.438. The molecule has 1 N–H and O–H groups in total. The van der Waals surface area contributed by atoms with E-state index in [9.17, 15) is 0 Å². The molecule has 14 heavy (non-hydrogen) atoms. The molecular weight excluding hydrogens is 170 g/mol. The van der Waals surface area contributed by atoms with Crippen molar-refractivity contribution in [1.29, 1.82) is 0 Å². The van der Waals surface area contributed by atoms with Gasteiger partial charge >= 0.3 is 0 Å². The second-order valence-corrected chi connectivity index (χ2v) is 4.95. The third-order valence-electron chi connectivity index (χ3n) is 4.24. The maximum Gasteiger partial charge on any atom is 0.0101 e. The number of hydrogen-bond donors (Lipinski definition) is 1. The molecule has 0 aromatic rings. The summed E-state index contributed by atoms with van der Waals surface area (Å²) in [7, 11) is 2.12. The summed E-state index contributed by atoms with van der Waals surface area (Å²) in [6.45, 7) is 3.81. The van der Waals surface area contributed by atoms with Gasteiger partial charge in [-0.15, -0.1) is 6.58 Å². The molecule has 2 rings (SSSR count). The van der Waals surface area contributed by atoms with E-state index < -0.39 is 0 Å². The van der Waals surface area contributed by atoms with E-state index >= 15 is 0 Å². The molecule has 0 amide bonds. The van der Waals surface area contributed by atoms with E-state index in [2.05, 4.69) is 25.0 Å². The quantitative estimate of drug-likeness (QED) is 0.662. The average Bonchev–Trinajstić information content (AvgIpc) is 2.94. The highest BCUT2D eigenvalue weighted by Gasteiger charge is 2.53. The Bertz CT molecular complexity index is 187. The molecule has 2 aliphatic rings. The van der Waals surface area contributed by atoms with Gasteiger partial charge in [0.2, 0.25) is 0 Å². The monoisotopic (exact) mass is 193 g/mol. The van der Waals surface area contributed by atoms with Crippen molar-refractivity contribution < 1.29 is 0 Å². The van der Waals surface area contributed by atoms with Crippen LogP contribution >= 0.6 is 0 Å². The van der Waals surface area contributed by atoms with Crippen molar-refractivity contribution in [2.45, 2.75) is 44.6 Å². The van der Waals surface area contributed by atoms with E-state index in [-0.39, 0.29) is 0 Å². The summed E-state index contributed by atoms with van der Waals surface area (Å²) >= 11 is 0. The second-order valence-electron chi connectivity index (χ2n) is 4.95. The Kier molecular flexibility index (Phi) is 3.27.